The lowest BCUT2D eigenvalue weighted by Gasteiger charge is -2.25. The second-order valence-corrected chi connectivity index (χ2v) is 6.71. The Bertz CT molecular complexity index is 512. The van der Waals surface area contributed by atoms with Gasteiger partial charge in [0.15, 0.2) is 0 Å². The fourth-order valence-corrected chi connectivity index (χ4v) is 3.79. The van der Waals surface area contributed by atoms with E-state index < -0.39 is 0 Å². The minimum atomic E-state index is 0.803. The molecule has 21 heavy (non-hydrogen) atoms. The van der Waals surface area contributed by atoms with E-state index in [4.69, 9.17) is 4.74 Å². The van der Waals surface area contributed by atoms with Crippen LogP contribution < -0.4 is 9.64 Å². The van der Waals surface area contributed by atoms with Crippen LogP contribution in [0.15, 0.2) is 35.4 Å². The number of rotatable bonds is 4. The highest BCUT2D eigenvalue weighted by Crippen LogP contribution is 2.42. The molecule has 2 aliphatic rings. The second kappa shape index (κ2) is 6.13. The predicted molar refractivity (Wildman–Crippen MR) is 89.0 cm³/mol. The van der Waals surface area contributed by atoms with Crippen molar-refractivity contribution in [2.45, 2.75) is 40.0 Å². The summed E-state index contributed by atoms with van der Waals surface area (Å²) in [6, 6.07) is 8.54. The fourth-order valence-electron chi connectivity index (χ4n) is 3.79. The molecule has 2 atom stereocenters. The molecule has 0 radical (unpaired) electrons. The summed E-state index contributed by atoms with van der Waals surface area (Å²) >= 11 is 0. The highest BCUT2D eigenvalue weighted by atomic mass is 16.5. The van der Waals surface area contributed by atoms with Crippen molar-refractivity contribution in [2.24, 2.45) is 11.8 Å². The molecule has 1 aromatic carbocycles. The first-order valence-electron chi connectivity index (χ1n) is 8.31. The topological polar surface area (TPSA) is 12.5 Å². The summed E-state index contributed by atoms with van der Waals surface area (Å²) in [5, 5.41) is 0. The summed E-state index contributed by atoms with van der Waals surface area (Å²) in [6.45, 7) is 9.95. The van der Waals surface area contributed by atoms with Gasteiger partial charge in [0.1, 0.15) is 5.75 Å². The van der Waals surface area contributed by atoms with Crippen molar-refractivity contribution >= 4 is 5.69 Å². The lowest BCUT2D eigenvalue weighted by atomic mass is 9.79. The Hall–Kier alpha value is -1.44. The molecule has 1 fully saturated rings. The average molecular weight is 285 g/mol. The van der Waals surface area contributed by atoms with E-state index in [-0.39, 0.29) is 0 Å². The number of hydrogen-bond acceptors (Lipinski definition) is 2. The van der Waals surface area contributed by atoms with Crippen molar-refractivity contribution in [1.29, 1.82) is 0 Å². The molecule has 1 aliphatic carbocycles. The highest BCUT2D eigenvalue weighted by molar-refractivity contribution is 5.59. The van der Waals surface area contributed by atoms with Crippen LogP contribution in [0.1, 0.15) is 40.0 Å². The number of hydrogen-bond donors (Lipinski definition) is 0. The summed E-state index contributed by atoms with van der Waals surface area (Å²) < 4.78 is 5.94. The lowest BCUT2D eigenvalue weighted by Crippen LogP contribution is -2.20. The van der Waals surface area contributed by atoms with Gasteiger partial charge in [0, 0.05) is 13.1 Å². The monoisotopic (exact) mass is 285 g/mol. The molecule has 1 saturated heterocycles. The summed E-state index contributed by atoms with van der Waals surface area (Å²) in [5.41, 5.74) is 4.53. The molecule has 1 heterocycles. The van der Waals surface area contributed by atoms with E-state index in [1.54, 1.807) is 11.1 Å². The molecule has 0 bridgehead atoms. The van der Waals surface area contributed by atoms with Crippen LogP contribution in [-0.2, 0) is 0 Å². The molecule has 3 rings (SSSR count). The minimum absolute atomic E-state index is 0.803. The maximum atomic E-state index is 5.94. The van der Waals surface area contributed by atoms with Crippen LogP contribution in [0, 0.1) is 11.8 Å². The zero-order valence-corrected chi connectivity index (χ0v) is 13.6. The number of para-hydroxylation sites is 2. The zero-order chi connectivity index (χ0) is 14.8. The summed E-state index contributed by atoms with van der Waals surface area (Å²) in [7, 11) is 0. The molecule has 2 unspecified atom stereocenters. The van der Waals surface area contributed by atoms with Crippen LogP contribution in [0.3, 0.4) is 0 Å². The van der Waals surface area contributed by atoms with Gasteiger partial charge in [-0.25, -0.2) is 0 Å². The number of ether oxygens (including phenoxy) is 1. The van der Waals surface area contributed by atoms with Gasteiger partial charge in [-0.15, -0.1) is 0 Å². The minimum Gasteiger partial charge on any atom is -0.491 e. The van der Waals surface area contributed by atoms with Gasteiger partial charge in [-0.05, 0) is 57.1 Å². The second-order valence-electron chi connectivity index (χ2n) is 6.71. The third-order valence-electron chi connectivity index (χ3n) is 5.11. The Morgan fingerprint density at radius 1 is 1.05 bits per heavy atom. The fraction of sp³-hybridized carbons (Fsp3) is 0.579. The van der Waals surface area contributed by atoms with Crippen molar-refractivity contribution in [3.8, 4) is 5.75 Å². The SMILES string of the molecule is CCCOc1ccccc1N1CC2CC(C)=C(C)CC2C1. The standard InChI is InChI=1S/C19H27NO/c1-4-9-21-19-8-6-5-7-18(19)20-12-16-10-14(2)15(3)11-17(16)13-20/h5-8,16-17H,4,9-13H2,1-3H3. The lowest BCUT2D eigenvalue weighted by molar-refractivity contribution is 0.318. The highest BCUT2D eigenvalue weighted by Gasteiger charge is 2.36. The predicted octanol–water partition coefficient (Wildman–Crippen LogP) is 4.66. The van der Waals surface area contributed by atoms with E-state index in [0.717, 1.165) is 30.6 Å². The molecule has 0 amide bonds. The Labute approximate surface area is 128 Å². The normalized spacial score (nSPS) is 25.2. The first kappa shape index (κ1) is 14.5. The van der Waals surface area contributed by atoms with Crippen molar-refractivity contribution in [2.75, 3.05) is 24.6 Å². The van der Waals surface area contributed by atoms with Crippen LogP contribution in [0.5, 0.6) is 5.75 Å². The number of allylic oxidation sites excluding steroid dienone is 2. The molecule has 0 aromatic heterocycles. The maximum Gasteiger partial charge on any atom is 0.142 e. The number of anilines is 1. The molecule has 1 aliphatic heterocycles. The summed E-state index contributed by atoms with van der Waals surface area (Å²) in [5.74, 6) is 2.71. The Kier molecular flexibility index (Phi) is 4.23. The molecular weight excluding hydrogens is 258 g/mol. The van der Waals surface area contributed by atoms with Crippen LogP contribution in [0.25, 0.3) is 0 Å². The first-order valence-corrected chi connectivity index (χ1v) is 8.31. The van der Waals surface area contributed by atoms with Gasteiger partial charge in [0.05, 0.1) is 12.3 Å². The van der Waals surface area contributed by atoms with Crippen LogP contribution in [0.4, 0.5) is 5.69 Å². The summed E-state index contributed by atoms with van der Waals surface area (Å²) in [4.78, 5) is 2.55. The van der Waals surface area contributed by atoms with E-state index >= 15 is 0 Å². The van der Waals surface area contributed by atoms with Crippen molar-refractivity contribution in [3.05, 3.63) is 35.4 Å². The number of nitrogens with zero attached hydrogens (tertiary/aromatic N) is 1. The summed E-state index contributed by atoms with van der Waals surface area (Å²) in [6.07, 6.45) is 3.62. The molecule has 114 valence electrons. The van der Waals surface area contributed by atoms with E-state index in [1.165, 1.54) is 31.6 Å². The van der Waals surface area contributed by atoms with Gasteiger partial charge in [-0.2, -0.15) is 0 Å². The molecule has 0 saturated carbocycles. The average Bonchev–Trinajstić information content (AvgIpc) is 2.88. The Balaban J connectivity index is 1.76. The smallest absolute Gasteiger partial charge is 0.142 e. The van der Waals surface area contributed by atoms with E-state index in [9.17, 15) is 0 Å². The number of benzene rings is 1. The first-order chi connectivity index (χ1) is 10.2. The Morgan fingerprint density at radius 3 is 2.29 bits per heavy atom. The van der Waals surface area contributed by atoms with Crippen LogP contribution in [-0.4, -0.2) is 19.7 Å². The maximum absolute atomic E-state index is 5.94. The van der Waals surface area contributed by atoms with E-state index in [0.29, 0.717) is 0 Å². The largest absolute Gasteiger partial charge is 0.491 e. The van der Waals surface area contributed by atoms with Gasteiger partial charge in [-0.3, -0.25) is 0 Å². The van der Waals surface area contributed by atoms with Gasteiger partial charge < -0.3 is 9.64 Å². The van der Waals surface area contributed by atoms with E-state index in [2.05, 4.69) is 49.9 Å². The molecule has 0 N–H and O–H groups in total. The van der Waals surface area contributed by atoms with Gasteiger partial charge in [-0.1, -0.05) is 30.2 Å². The van der Waals surface area contributed by atoms with Gasteiger partial charge >= 0.3 is 0 Å². The Morgan fingerprint density at radius 2 is 1.67 bits per heavy atom. The van der Waals surface area contributed by atoms with Crippen LogP contribution in [0.2, 0.25) is 0 Å². The molecule has 0 spiro atoms. The van der Waals surface area contributed by atoms with Gasteiger partial charge in [0.25, 0.3) is 0 Å². The quantitative estimate of drug-likeness (QED) is 0.746. The zero-order valence-electron chi connectivity index (χ0n) is 13.6. The number of fused-ring (bicyclic) bond motifs is 1. The third-order valence-corrected chi connectivity index (χ3v) is 5.11. The van der Waals surface area contributed by atoms with Gasteiger partial charge in [0.2, 0.25) is 0 Å². The van der Waals surface area contributed by atoms with Crippen molar-refractivity contribution in [3.63, 3.8) is 0 Å². The van der Waals surface area contributed by atoms with Crippen molar-refractivity contribution in [1.82, 2.24) is 0 Å². The molecular formula is C19H27NO. The molecule has 1 aromatic rings. The third kappa shape index (κ3) is 2.95. The van der Waals surface area contributed by atoms with Crippen molar-refractivity contribution < 1.29 is 4.74 Å². The van der Waals surface area contributed by atoms with Crippen LogP contribution >= 0.6 is 0 Å². The molecule has 2 heteroatoms. The molecule has 2 nitrogen and oxygen atoms in total. The van der Waals surface area contributed by atoms with E-state index in [1.807, 2.05) is 0 Å².